The van der Waals surface area contributed by atoms with E-state index in [4.69, 9.17) is 5.11 Å². The van der Waals surface area contributed by atoms with Gasteiger partial charge in [-0.1, -0.05) is 32.9 Å². The second-order valence-corrected chi connectivity index (χ2v) is 6.50. The lowest BCUT2D eigenvalue weighted by Gasteiger charge is -2.27. The summed E-state index contributed by atoms with van der Waals surface area (Å²) >= 11 is 0. The first-order valence-electron chi connectivity index (χ1n) is 7.29. The first kappa shape index (κ1) is 16.7. The van der Waals surface area contributed by atoms with Crippen molar-refractivity contribution in [2.75, 3.05) is 13.2 Å². The van der Waals surface area contributed by atoms with Gasteiger partial charge in [-0.15, -0.1) is 0 Å². The highest BCUT2D eigenvalue weighted by atomic mass is 16.3. The van der Waals surface area contributed by atoms with Gasteiger partial charge < -0.3 is 10.0 Å². The monoisotopic (exact) mass is 277 g/mol. The van der Waals surface area contributed by atoms with Gasteiger partial charge in [0.1, 0.15) is 0 Å². The molecule has 0 aliphatic rings. The summed E-state index contributed by atoms with van der Waals surface area (Å²) in [6.45, 7) is 11.2. The van der Waals surface area contributed by atoms with Gasteiger partial charge in [0, 0.05) is 24.8 Å². The van der Waals surface area contributed by atoms with E-state index in [0.29, 0.717) is 18.5 Å². The Bertz CT molecular complexity index is 429. The first-order chi connectivity index (χ1) is 9.27. The summed E-state index contributed by atoms with van der Waals surface area (Å²) in [5.74, 6) is 0.0360. The molecule has 1 amide bonds. The van der Waals surface area contributed by atoms with Crippen LogP contribution in [0.25, 0.3) is 0 Å². The number of amides is 1. The Morgan fingerprint density at radius 1 is 1.20 bits per heavy atom. The normalized spacial score (nSPS) is 11.8. The Morgan fingerprint density at radius 3 is 2.15 bits per heavy atom. The molecule has 0 fully saturated rings. The van der Waals surface area contributed by atoms with Crippen LogP contribution in [-0.2, 0) is 5.41 Å². The van der Waals surface area contributed by atoms with Crippen LogP contribution in [0.15, 0.2) is 24.3 Å². The molecule has 0 atom stereocenters. The SMILES string of the molecule is CC(C)N(CCCO)C(=O)c1ccc(C(C)(C)C)cc1. The van der Waals surface area contributed by atoms with E-state index < -0.39 is 0 Å². The van der Waals surface area contributed by atoms with Gasteiger partial charge in [-0.2, -0.15) is 0 Å². The summed E-state index contributed by atoms with van der Waals surface area (Å²) < 4.78 is 0. The topological polar surface area (TPSA) is 40.5 Å². The first-order valence-corrected chi connectivity index (χ1v) is 7.29. The highest BCUT2D eigenvalue weighted by Gasteiger charge is 2.19. The van der Waals surface area contributed by atoms with Gasteiger partial charge >= 0.3 is 0 Å². The van der Waals surface area contributed by atoms with E-state index >= 15 is 0 Å². The molecule has 0 spiro atoms. The second-order valence-electron chi connectivity index (χ2n) is 6.50. The number of rotatable bonds is 5. The summed E-state index contributed by atoms with van der Waals surface area (Å²) in [7, 11) is 0. The Balaban J connectivity index is 2.89. The maximum absolute atomic E-state index is 12.5. The van der Waals surface area contributed by atoms with Crippen molar-refractivity contribution in [1.82, 2.24) is 4.90 Å². The van der Waals surface area contributed by atoms with Gasteiger partial charge in [0.2, 0.25) is 0 Å². The van der Waals surface area contributed by atoms with Crippen LogP contribution in [0.1, 0.15) is 57.0 Å². The van der Waals surface area contributed by atoms with Crippen LogP contribution in [0.5, 0.6) is 0 Å². The van der Waals surface area contributed by atoms with Gasteiger partial charge in [0.05, 0.1) is 0 Å². The highest BCUT2D eigenvalue weighted by Crippen LogP contribution is 2.22. The van der Waals surface area contributed by atoms with Gasteiger partial charge in [0.15, 0.2) is 0 Å². The minimum atomic E-state index is 0.0360. The lowest BCUT2D eigenvalue weighted by molar-refractivity contribution is 0.0693. The van der Waals surface area contributed by atoms with Crippen molar-refractivity contribution in [2.45, 2.75) is 52.5 Å². The molecule has 1 rings (SSSR count). The summed E-state index contributed by atoms with van der Waals surface area (Å²) in [6, 6.07) is 7.99. The third-order valence-electron chi connectivity index (χ3n) is 3.44. The third-order valence-corrected chi connectivity index (χ3v) is 3.44. The molecule has 0 saturated carbocycles. The van der Waals surface area contributed by atoms with Crippen LogP contribution in [0, 0.1) is 0 Å². The Morgan fingerprint density at radius 2 is 1.75 bits per heavy atom. The number of aliphatic hydroxyl groups is 1. The van der Waals surface area contributed by atoms with Crippen LogP contribution in [0.4, 0.5) is 0 Å². The van der Waals surface area contributed by atoms with E-state index in [0.717, 1.165) is 0 Å². The maximum atomic E-state index is 12.5. The quantitative estimate of drug-likeness (QED) is 0.897. The molecular formula is C17H27NO2. The van der Waals surface area contributed by atoms with Crippen molar-refractivity contribution in [3.63, 3.8) is 0 Å². The number of aliphatic hydroxyl groups excluding tert-OH is 1. The zero-order valence-corrected chi connectivity index (χ0v) is 13.3. The van der Waals surface area contributed by atoms with E-state index in [-0.39, 0.29) is 24.0 Å². The van der Waals surface area contributed by atoms with Gasteiger partial charge in [-0.05, 0) is 43.4 Å². The van der Waals surface area contributed by atoms with Crippen LogP contribution >= 0.6 is 0 Å². The third kappa shape index (κ3) is 4.34. The van der Waals surface area contributed by atoms with Crippen LogP contribution < -0.4 is 0 Å². The van der Waals surface area contributed by atoms with Gasteiger partial charge in [0.25, 0.3) is 5.91 Å². The fraction of sp³-hybridized carbons (Fsp3) is 0.588. The van der Waals surface area contributed by atoms with Crippen molar-refractivity contribution in [3.8, 4) is 0 Å². The molecule has 1 N–H and O–H groups in total. The molecule has 0 radical (unpaired) electrons. The largest absolute Gasteiger partial charge is 0.396 e. The maximum Gasteiger partial charge on any atom is 0.254 e. The number of hydrogen-bond donors (Lipinski definition) is 1. The molecule has 112 valence electrons. The van der Waals surface area contributed by atoms with Crippen LogP contribution in [-0.4, -0.2) is 35.1 Å². The molecule has 1 aromatic rings. The molecule has 0 heterocycles. The van der Waals surface area contributed by atoms with E-state index in [1.165, 1.54) is 5.56 Å². The van der Waals surface area contributed by atoms with E-state index in [1.54, 1.807) is 0 Å². The van der Waals surface area contributed by atoms with Crippen molar-refractivity contribution in [2.24, 2.45) is 0 Å². The summed E-state index contributed by atoms with van der Waals surface area (Å²) in [5.41, 5.74) is 2.03. The summed E-state index contributed by atoms with van der Waals surface area (Å²) in [4.78, 5) is 14.3. The van der Waals surface area contributed by atoms with Gasteiger partial charge in [-0.25, -0.2) is 0 Å². The van der Waals surface area contributed by atoms with Crippen LogP contribution in [0.2, 0.25) is 0 Å². The van der Waals surface area contributed by atoms with E-state index in [2.05, 4.69) is 20.8 Å². The van der Waals surface area contributed by atoms with Crippen molar-refractivity contribution in [3.05, 3.63) is 35.4 Å². The Hall–Kier alpha value is -1.35. The lowest BCUT2D eigenvalue weighted by Crippen LogP contribution is -2.38. The van der Waals surface area contributed by atoms with E-state index in [9.17, 15) is 4.79 Å². The Kier molecular flexibility index (Phi) is 5.75. The molecule has 0 saturated heterocycles. The number of carbonyl (C=O) groups excluding carboxylic acids is 1. The molecule has 3 heteroatoms. The molecule has 20 heavy (non-hydrogen) atoms. The molecule has 0 bridgehead atoms. The molecule has 0 aromatic heterocycles. The number of carbonyl (C=O) groups is 1. The lowest BCUT2D eigenvalue weighted by atomic mass is 9.86. The highest BCUT2D eigenvalue weighted by molar-refractivity contribution is 5.94. The summed E-state index contributed by atoms with van der Waals surface area (Å²) in [5, 5.41) is 8.94. The average molecular weight is 277 g/mol. The number of benzene rings is 1. The van der Waals surface area contributed by atoms with Crippen molar-refractivity contribution in [1.29, 1.82) is 0 Å². The van der Waals surface area contributed by atoms with Crippen molar-refractivity contribution >= 4 is 5.91 Å². The summed E-state index contributed by atoms with van der Waals surface area (Å²) in [6.07, 6.45) is 0.615. The fourth-order valence-electron chi connectivity index (χ4n) is 2.11. The number of nitrogens with zero attached hydrogens (tertiary/aromatic N) is 1. The molecule has 3 nitrogen and oxygen atoms in total. The number of hydrogen-bond acceptors (Lipinski definition) is 2. The molecule has 0 aliphatic heterocycles. The van der Waals surface area contributed by atoms with Crippen LogP contribution in [0.3, 0.4) is 0 Å². The van der Waals surface area contributed by atoms with E-state index in [1.807, 2.05) is 43.0 Å². The Labute approximate surface area is 122 Å². The predicted molar refractivity (Wildman–Crippen MR) is 83.0 cm³/mol. The molecule has 0 aliphatic carbocycles. The molecule has 1 aromatic carbocycles. The minimum Gasteiger partial charge on any atom is -0.396 e. The average Bonchev–Trinajstić information content (AvgIpc) is 2.37. The fourth-order valence-corrected chi connectivity index (χ4v) is 2.11. The molecular weight excluding hydrogens is 250 g/mol. The standard InChI is InChI=1S/C17H27NO2/c1-13(2)18(11-6-12-19)16(20)14-7-9-15(10-8-14)17(3,4)5/h7-10,13,19H,6,11-12H2,1-5H3. The molecule has 0 unspecified atom stereocenters. The zero-order valence-electron chi connectivity index (χ0n) is 13.3. The van der Waals surface area contributed by atoms with Crippen molar-refractivity contribution < 1.29 is 9.90 Å². The predicted octanol–water partition coefficient (Wildman–Crippen LogP) is 3.22. The zero-order chi connectivity index (χ0) is 15.3. The van der Waals surface area contributed by atoms with Gasteiger partial charge in [-0.3, -0.25) is 4.79 Å². The second kappa shape index (κ2) is 6.89. The minimum absolute atomic E-state index is 0.0360. The smallest absolute Gasteiger partial charge is 0.254 e.